The van der Waals surface area contributed by atoms with Gasteiger partial charge in [-0.3, -0.25) is 14.4 Å². The van der Waals surface area contributed by atoms with Gasteiger partial charge in [-0.15, -0.1) is 0 Å². The Kier molecular flexibility index (Phi) is 4.80. The molecule has 2 aromatic rings. The van der Waals surface area contributed by atoms with Crippen LogP contribution in [0.1, 0.15) is 12.0 Å². The van der Waals surface area contributed by atoms with Crippen LogP contribution < -0.4 is 5.32 Å². The van der Waals surface area contributed by atoms with Gasteiger partial charge in [0.1, 0.15) is 0 Å². The molecule has 0 spiro atoms. The summed E-state index contributed by atoms with van der Waals surface area (Å²) in [4.78, 5) is 39.5. The first-order valence-electron chi connectivity index (χ1n) is 9.39. The van der Waals surface area contributed by atoms with Gasteiger partial charge >= 0.3 is 0 Å². The smallest absolute Gasteiger partial charge is 0.248 e. The number of ketones is 1. The zero-order valence-electron chi connectivity index (χ0n) is 16.4. The number of nitrogens with zero attached hydrogens (tertiary/aromatic N) is 3. The van der Waals surface area contributed by atoms with Crippen LogP contribution in [0.5, 0.6) is 0 Å². The van der Waals surface area contributed by atoms with Crippen molar-refractivity contribution in [1.82, 2.24) is 19.7 Å². The lowest BCUT2D eigenvalue weighted by atomic mass is 9.99. The highest BCUT2D eigenvalue weighted by atomic mass is 16.2. The summed E-state index contributed by atoms with van der Waals surface area (Å²) in [6, 6.07) is 8.11. The number of benzene rings is 1. The van der Waals surface area contributed by atoms with Crippen molar-refractivity contribution in [1.29, 1.82) is 0 Å². The van der Waals surface area contributed by atoms with Crippen LogP contribution in [0.2, 0.25) is 0 Å². The number of amides is 2. The molecule has 1 aromatic heterocycles. The van der Waals surface area contributed by atoms with Crippen LogP contribution in [0.15, 0.2) is 66.3 Å². The summed E-state index contributed by atoms with van der Waals surface area (Å²) in [7, 11) is 3.76. The molecule has 3 heterocycles. The molecule has 0 radical (unpaired) electrons. The SMILES string of the molecule is CN(Cc1cn(C)c2ccccc12)C(=O)C=CN1C=CC2=C(C1)C(=O)CC(=O)N2. The number of likely N-dealkylation sites (N-methyl/N-ethyl adjacent to an activating group) is 1. The number of nitrogens with one attached hydrogen (secondary N) is 1. The first-order valence-corrected chi connectivity index (χ1v) is 9.39. The standard InChI is InChI=1S/C22H22N4O3/c1-24-12-15(16-5-3-4-6-19(16)24)13-25(2)22(29)8-10-26-9-7-18-17(14-26)20(27)11-21(28)23-18/h3-10,12H,11,13-14H2,1-2H3,(H,23,28). The number of fused-ring (bicyclic) bond motifs is 1. The number of aryl methyl sites for hydroxylation is 1. The number of carbonyl (C=O) groups excluding carboxylic acids is 3. The van der Waals surface area contributed by atoms with Gasteiger partial charge in [-0.25, -0.2) is 0 Å². The third-order valence-electron chi connectivity index (χ3n) is 5.20. The van der Waals surface area contributed by atoms with E-state index in [1.54, 1.807) is 35.3 Å². The molecule has 2 amide bonds. The van der Waals surface area contributed by atoms with E-state index in [4.69, 9.17) is 0 Å². The lowest BCUT2D eigenvalue weighted by molar-refractivity contribution is -0.127. The fourth-order valence-corrected chi connectivity index (χ4v) is 3.67. The van der Waals surface area contributed by atoms with E-state index in [1.807, 2.05) is 25.4 Å². The van der Waals surface area contributed by atoms with Gasteiger partial charge in [0.05, 0.1) is 18.7 Å². The highest BCUT2D eigenvalue weighted by molar-refractivity contribution is 6.11. The van der Waals surface area contributed by atoms with Gasteiger partial charge in [0.2, 0.25) is 11.8 Å². The summed E-state index contributed by atoms with van der Waals surface area (Å²) < 4.78 is 2.06. The summed E-state index contributed by atoms with van der Waals surface area (Å²) in [6.45, 7) is 0.835. The van der Waals surface area contributed by atoms with E-state index in [0.29, 0.717) is 24.4 Å². The second-order valence-electron chi connectivity index (χ2n) is 7.32. The van der Waals surface area contributed by atoms with Crippen LogP contribution in [-0.2, 0) is 28.0 Å². The molecule has 7 nitrogen and oxygen atoms in total. The van der Waals surface area contributed by atoms with E-state index < -0.39 is 0 Å². The molecular formula is C22H22N4O3. The van der Waals surface area contributed by atoms with E-state index >= 15 is 0 Å². The van der Waals surface area contributed by atoms with Crippen LogP contribution in [0.3, 0.4) is 0 Å². The largest absolute Gasteiger partial charge is 0.350 e. The van der Waals surface area contributed by atoms with Crippen molar-refractivity contribution in [2.75, 3.05) is 13.6 Å². The van der Waals surface area contributed by atoms with Crippen LogP contribution in [-0.4, -0.2) is 45.6 Å². The summed E-state index contributed by atoms with van der Waals surface area (Å²) in [6.07, 6.45) is 8.49. The number of Topliss-reactive ketones (excluding diaryl/α,β-unsaturated/α-hetero) is 1. The minimum atomic E-state index is -0.285. The Morgan fingerprint density at radius 1 is 1.28 bits per heavy atom. The summed E-state index contributed by atoms with van der Waals surface area (Å²) in [5.41, 5.74) is 3.33. The van der Waals surface area contributed by atoms with Crippen molar-refractivity contribution in [3.8, 4) is 0 Å². The number of allylic oxidation sites excluding steroid dienone is 1. The molecule has 0 saturated heterocycles. The molecule has 148 valence electrons. The summed E-state index contributed by atoms with van der Waals surface area (Å²) in [5, 5.41) is 3.84. The number of aromatic nitrogens is 1. The zero-order chi connectivity index (χ0) is 20.5. The molecule has 2 aliphatic rings. The fraction of sp³-hybridized carbons (Fsp3) is 0.227. The third-order valence-corrected chi connectivity index (χ3v) is 5.20. The number of para-hydroxylation sites is 1. The topological polar surface area (TPSA) is 74.7 Å². The highest BCUT2D eigenvalue weighted by Crippen LogP contribution is 2.22. The molecule has 0 aliphatic carbocycles. The molecule has 0 unspecified atom stereocenters. The zero-order valence-corrected chi connectivity index (χ0v) is 16.4. The molecule has 0 atom stereocenters. The average molecular weight is 390 g/mol. The number of hydrogen-bond donors (Lipinski definition) is 1. The predicted molar refractivity (Wildman–Crippen MR) is 109 cm³/mol. The number of carbonyl (C=O) groups is 3. The second-order valence-corrected chi connectivity index (χ2v) is 7.32. The Morgan fingerprint density at radius 3 is 2.90 bits per heavy atom. The van der Waals surface area contributed by atoms with Crippen LogP contribution in [0.25, 0.3) is 10.9 Å². The Bertz CT molecular complexity index is 1110. The maximum Gasteiger partial charge on any atom is 0.248 e. The molecule has 2 aliphatic heterocycles. The first kappa shape index (κ1) is 18.7. The van der Waals surface area contributed by atoms with Gasteiger partial charge in [-0.1, -0.05) is 18.2 Å². The molecule has 1 N–H and O–H groups in total. The molecule has 4 rings (SSSR count). The molecule has 29 heavy (non-hydrogen) atoms. The van der Waals surface area contributed by atoms with Crippen molar-refractivity contribution >= 4 is 28.5 Å². The molecule has 0 bridgehead atoms. The fourth-order valence-electron chi connectivity index (χ4n) is 3.67. The lowest BCUT2D eigenvalue weighted by Gasteiger charge is -2.26. The van der Waals surface area contributed by atoms with E-state index in [2.05, 4.69) is 22.0 Å². The Labute approximate surface area is 168 Å². The predicted octanol–water partition coefficient (Wildman–Crippen LogP) is 1.82. The van der Waals surface area contributed by atoms with Crippen LogP contribution in [0.4, 0.5) is 0 Å². The van der Waals surface area contributed by atoms with Crippen molar-refractivity contribution in [2.24, 2.45) is 7.05 Å². The monoisotopic (exact) mass is 390 g/mol. The van der Waals surface area contributed by atoms with Crippen molar-refractivity contribution < 1.29 is 14.4 Å². The average Bonchev–Trinajstić information content (AvgIpc) is 3.02. The van der Waals surface area contributed by atoms with E-state index in [0.717, 1.165) is 16.5 Å². The normalized spacial score (nSPS) is 16.6. The molecular weight excluding hydrogens is 368 g/mol. The molecule has 7 heteroatoms. The minimum absolute atomic E-state index is 0.128. The van der Waals surface area contributed by atoms with E-state index in [1.165, 1.54) is 6.08 Å². The van der Waals surface area contributed by atoms with Gasteiger partial charge in [-0.2, -0.15) is 0 Å². The Morgan fingerprint density at radius 2 is 2.07 bits per heavy atom. The van der Waals surface area contributed by atoms with E-state index in [9.17, 15) is 14.4 Å². The van der Waals surface area contributed by atoms with Gasteiger partial charge in [-0.05, 0) is 17.7 Å². The quantitative estimate of drug-likeness (QED) is 0.638. The number of rotatable bonds is 4. The third kappa shape index (κ3) is 3.71. The highest BCUT2D eigenvalue weighted by Gasteiger charge is 2.27. The van der Waals surface area contributed by atoms with E-state index in [-0.39, 0.29) is 24.0 Å². The molecule has 1 aromatic carbocycles. The Hall–Kier alpha value is -3.61. The minimum Gasteiger partial charge on any atom is -0.350 e. The maximum absolute atomic E-state index is 12.6. The summed E-state index contributed by atoms with van der Waals surface area (Å²) >= 11 is 0. The summed E-state index contributed by atoms with van der Waals surface area (Å²) in [5.74, 6) is -0.590. The lowest BCUT2D eigenvalue weighted by Crippen LogP contribution is -2.37. The first-order chi connectivity index (χ1) is 13.9. The van der Waals surface area contributed by atoms with Crippen molar-refractivity contribution in [2.45, 2.75) is 13.0 Å². The van der Waals surface area contributed by atoms with Crippen molar-refractivity contribution in [3.05, 3.63) is 71.8 Å². The van der Waals surface area contributed by atoms with Gasteiger partial charge in [0.15, 0.2) is 5.78 Å². The Balaban J connectivity index is 1.41. The number of hydrogen-bond acceptors (Lipinski definition) is 4. The van der Waals surface area contributed by atoms with Gasteiger partial charge in [0.25, 0.3) is 0 Å². The van der Waals surface area contributed by atoms with Crippen LogP contribution in [0, 0.1) is 0 Å². The van der Waals surface area contributed by atoms with Gasteiger partial charge < -0.3 is 19.7 Å². The molecule has 0 saturated carbocycles. The van der Waals surface area contributed by atoms with Crippen LogP contribution >= 0.6 is 0 Å². The maximum atomic E-state index is 12.6. The molecule has 0 fully saturated rings. The van der Waals surface area contributed by atoms with Crippen molar-refractivity contribution in [3.63, 3.8) is 0 Å². The second kappa shape index (κ2) is 7.43. The van der Waals surface area contributed by atoms with Gasteiger partial charge in [0, 0.05) is 61.8 Å².